The minimum Gasteiger partial charge on any atom is -0.347 e. The van der Waals surface area contributed by atoms with Crippen LogP contribution in [0.1, 0.15) is 63.4 Å². The third-order valence-corrected chi connectivity index (χ3v) is 9.96. The second kappa shape index (κ2) is 7.70. The molecule has 2 heterocycles. The number of aromatic nitrogens is 2. The zero-order valence-electron chi connectivity index (χ0n) is 18.4. The van der Waals surface area contributed by atoms with E-state index in [0.29, 0.717) is 42.6 Å². The fourth-order valence-corrected chi connectivity index (χ4v) is 7.09. The van der Waals surface area contributed by atoms with Gasteiger partial charge in [-0.3, -0.25) is 14.3 Å². The molecule has 0 atom stereocenters. The Bertz CT molecular complexity index is 1280. The minimum absolute atomic E-state index is 0.218. The standard InChI is InChI=1S/C23H25N5O4S/c1-27-20-18(19(26-27)21(29)25-13-16-4-2-15(12-24)3-5-16)8-11-28(22(20)30)14-23(9-10-23)33(31,32)17-6-7-17/h2-5,17H,6-11,13-14H2,1H3,(H,25,29). The second-order valence-corrected chi connectivity index (χ2v) is 11.8. The molecule has 3 aliphatic rings. The number of nitrogens with one attached hydrogen (secondary N) is 1. The van der Waals surface area contributed by atoms with E-state index in [0.717, 1.165) is 18.4 Å². The van der Waals surface area contributed by atoms with Crippen molar-refractivity contribution in [2.24, 2.45) is 7.05 Å². The van der Waals surface area contributed by atoms with Gasteiger partial charge < -0.3 is 10.2 Å². The van der Waals surface area contributed by atoms with Crippen LogP contribution in [0.25, 0.3) is 0 Å². The monoisotopic (exact) mass is 467 g/mol. The molecule has 0 radical (unpaired) electrons. The van der Waals surface area contributed by atoms with Gasteiger partial charge in [0.15, 0.2) is 15.5 Å². The number of benzene rings is 1. The van der Waals surface area contributed by atoms with Gasteiger partial charge in [-0.15, -0.1) is 0 Å². The highest BCUT2D eigenvalue weighted by molar-refractivity contribution is 7.94. The van der Waals surface area contributed by atoms with Gasteiger partial charge in [0.1, 0.15) is 5.69 Å². The van der Waals surface area contributed by atoms with Crippen LogP contribution in [0, 0.1) is 11.3 Å². The highest BCUT2D eigenvalue weighted by Gasteiger charge is 2.60. The van der Waals surface area contributed by atoms with Crippen LogP contribution in [-0.2, 0) is 29.9 Å². The summed E-state index contributed by atoms with van der Waals surface area (Å²) in [5.74, 6) is -0.637. The third kappa shape index (κ3) is 3.70. The first kappa shape index (κ1) is 21.6. The summed E-state index contributed by atoms with van der Waals surface area (Å²) in [6.07, 6.45) is 3.12. The normalized spacial score (nSPS) is 19.0. The number of hydrogen-bond donors (Lipinski definition) is 1. The lowest BCUT2D eigenvalue weighted by molar-refractivity contribution is 0.0724. The van der Waals surface area contributed by atoms with E-state index in [-0.39, 0.29) is 35.8 Å². The second-order valence-electron chi connectivity index (χ2n) is 9.19. The molecule has 10 heteroatoms. The van der Waals surface area contributed by atoms with Crippen molar-refractivity contribution in [2.75, 3.05) is 13.1 Å². The number of nitrogens with zero attached hydrogens (tertiary/aromatic N) is 4. The zero-order chi connectivity index (χ0) is 23.4. The molecule has 1 aliphatic heterocycles. The summed E-state index contributed by atoms with van der Waals surface area (Å²) in [5.41, 5.74) is 2.57. The molecule has 2 aromatic rings. The van der Waals surface area contributed by atoms with Gasteiger partial charge in [-0.1, -0.05) is 12.1 Å². The maximum absolute atomic E-state index is 13.2. The molecule has 33 heavy (non-hydrogen) atoms. The summed E-state index contributed by atoms with van der Waals surface area (Å²) in [4.78, 5) is 27.7. The van der Waals surface area contributed by atoms with Crippen LogP contribution in [0.4, 0.5) is 0 Å². The van der Waals surface area contributed by atoms with Crippen molar-refractivity contribution >= 4 is 21.7 Å². The van der Waals surface area contributed by atoms with E-state index in [4.69, 9.17) is 5.26 Å². The number of sulfone groups is 1. The van der Waals surface area contributed by atoms with Gasteiger partial charge >= 0.3 is 0 Å². The maximum atomic E-state index is 13.2. The van der Waals surface area contributed by atoms with Crippen LogP contribution in [-0.4, -0.2) is 58.0 Å². The zero-order valence-corrected chi connectivity index (χ0v) is 19.2. The fourth-order valence-electron chi connectivity index (χ4n) is 4.62. The van der Waals surface area contributed by atoms with E-state index in [1.54, 1.807) is 36.2 Å². The molecule has 5 rings (SSSR count). The van der Waals surface area contributed by atoms with Crippen LogP contribution in [0.5, 0.6) is 0 Å². The first-order valence-corrected chi connectivity index (χ1v) is 12.7. The molecule has 1 N–H and O–H groups in total. The van der Waals surface area contributed by atoms with Crippen molar-refractivity contribution in [2.45, 2.75) is 48.6 Å². The molecule has 9 nitrogen and oxygen atoms in total. The minimum atomic E-state index is -3.21. The van der Waals surface area contributed by atoms with Crippen molar-refractivity contribution in [3.8, 4) is 6.07 Å². The van der Waals surface area contributed by atoms with Crippen LogP contribution >= 0.6 is 0 Å². The Kier molecular flexibility index (Phi) is 5.05. The largest absolute Gasteiger partial charge is 0.347 e. The van der Waals surface area contributed by atoms with Gasteiger partial charge in [0.05, 0.1) is 21.6 Å². The molecular weight excluding hydrogens is 442 g/mol. The molecule has 0 saturated heterocycles. The molecule has 2 aliphatic carbocycles. The summed E-state index contributed by atoms with van der Waals surface area (Å²) < 4.78 is 26.4. The molecule has 2 fully saturated rings. The Labute approximate surface area is 192 Å². The van der Waals surface area contributed by atoms with Crippen LogP contribution in [0.2, 0.25) is 0 Å². The van der Waals surface area contributed by atoms with Gasteiger partial charge in [-0.25, -0.2) is 8.42 Å². The van der Waals surface area contributed by atoms with Crippen LogP contribution in [0.15, 0.2) is 24.3 Å². The molecule has 1 aromatic heterocycles. The average molecular weight is 468 g/mol. The highest BCUT2D eigenvalue weighted by atomic mass is 32.2. The van der Waals surface area contributed by atoms with E-state index in [9.17, 15) is 18.0 Å². The molecule has 0 bridgehead atoms. The van der Waals surface area contributed by atoms with E-state index in [2.05, 4.69) is 16.5 Å². The predicted molar refractivity (Wildman–Crippen MR) is 119 cm³/mol. The Morgan fingerprint density at radius 3 is 2.58 bits per heavy atom. The fraction of sp³-hybridized carbons (Fsp3) is 0.478. The Morgan fingerprint density at radius 2 is 1.97 bits per heavy atom. The van der Waals surface area contributed by atoms with Gasteiger partial charge in [-0.05, 0) is 49.8 Å². The van der Waals surface area contributed by atoms with Crippen molar-refractivity contribution in [1.29, 1.82) is 5.26 Å². The number of nitriles is 1. The SMILES string of the molecule is Cn1nc(C(=O)NCc2ccc(C#N)cc2)c2c1C(=O)N(CC1(S(=O)(=O)C3CC3)CC1)CC2. The number of carbonyl (C=O) groups is 2. The van der Waals surface area contributed by atoms with Crippen LogP contribution < -0.4 is 5.32 Å². The van der Waals surface area contributed by atoms with Crippen LogP contribution in [0.3, 0.4) is 0 Å². The molecule has 2 amide bonds. The number of rotatable bonds is 7. The third-order valence-electron chi connectivity index (χ3n) is 6.87. The maximum Gasteiger partial charge on any atom is 0.272 e. The van der Waals surface area contributed by atoms with Crippen molar-refractivity contribution in [3.63, 3.8) is 0 Å². The molecule has 2 saturated carbocycles. The lowest BCUT2D eigenvalue weighted by Gasteiger charge is -2.31. The number of carbonyl (C=O) groups excluding carboxylic acids is 2. The number of aryl methyl sites for hydroxylation is 1. The first-order chi connectivity index (χ1) is 15.8. The number of amides is 2. The Hall–Kier alpha value is -3.19. The topological polar surface area (TPSA) is 125 Å². The molecular formula is C23H25N5O4S. The van der Waals surface area contributed by atoms with Gasteiger partial charge in [0, 0.05) is 32.2 Å². The van der Waals surface area contributed by atoms with Crippen molar-refractivity contribution in [1.82, 2.24) is 20.0 Å². The molecule has 1 aromatic carbocycles. The Morgan fingerprint density at radius 1 is 1.27 bits per heavy atom. The predicted octanol–water partition coefficient (Wildman–Crippen LogP) is 1.33. The lowest BCUT2D eigenvalue weighted by Crippen LogP contribution is -2.46. The summed E-state index contributed by atoms with van der Waals surface area (Å²) in [7, 11) is -1.58. The highest BCUT2D eigenvalue weighted by Crippen LogP contribution is 2.50. The van der Waals surface area contributed by atoms with Crippen molar-refractivity contribution < 1.29 is 18.0 Å². The van der Waals surface area contributed by atoms with Gasteiger partial charge in [-0.2, -0.15) is 10.4 Å². The summed E-state index contributed by atoms with van der Waals surface area (Å²) >= 11 is 0. The quantitative estimate of drug-likeness (QED) is 0.655. The molecule has 0 spiro atoms. The molecule has 172 valence electrons. The summed E-state index contributed by atoms with van der Waals surface area (Å²) in [5, 5.41) is 15.8. The van der Waals surface area contributed by atoms with E-state index < -0.39 is 14.6 Å². The van der Waals surface area contributed by atoms with E-state index in [1.807, 2.05) is 0 Å². The van der Waals surface area contributed by atoms with Gasteiger partial charge in [0.2, 0.25) is 0 Å². The first-order valence-electron chi connectivity index (χ1n) is 11.1. The van der Waals surface area contributed by atoms with E-state index >= 15 is 0 Å². The van der Waals surface area contributed by atoms with E-state index in [1.165, 1.54) is 4.68 Å². The van der Waals surface area contributed by atoms with Crippen molar-refractivity contribution in [3.05, 3.63) is 52.3 Å². The Balaban J connectivity index is 1.30. The summed E-state index contributed by atoms with van der Waals surface area (Å²) in [6, 6.07) is 8.98. The van der Waals surface area contributed by atoms with Gasteiger partial charge in [0.25, 0.3) is 11.8 Å². The smallest absolute Gasteiger partial charge is 0.272 e. The molecule has 0 unspecified atom stereocenters. The number of fused-ring (bicyclic) bond motifs is 1. The average Bonchev–Trinajstić information content (AvgIpc) is 3.72. The number of hydrogen-bond acceptors (Lipinski definition) is 6. The lowest BCUT2D eigenvalue weighted by atomic mass is 10.0. The summed E-state index contributed by atoms with van der Waals surface area (Å²) in [6.45, 7) is 0.863.